The van der Waals surface area contributed by atoms with Gasteiger partial charge in [0.25, 0.3) is 0 Å². The van der Waals surface area contributed by atoms with Gasteiger partial charge in [0.1, 0.15) is 0 Å². The normalized spacial score (nSPS) is 12.8. The number of hydrogen-bond donors (Lipinski definition) is 1. The van der Waals surface area contributed by atoms with Crippen LogP contribution in [0.1, 0.15) is 17.3 Å². The van der Waals surface area contributed by atoms with Crippen LogP contribution in [0.2, 0.25) is 10.0 Å². The second-order valence-corrected chi connectivity index (χ2v) is 4.34. The quantitative estimate of drug-likeness (QED) is 0.897. The summed E-state index contributed by atoms with van der Waals surface area (Å²) in [6.45, 7) is 0. The standard InChI is InChI=1S/C11H11Cl2N3/c1-16-6-5-9(15-16)11(14)10-7(12)3-2-4-8(10)13/h2-6,11H,14H2,1H3. The highest BCUT2D eigenvalue weighted by Gasteiger charge is 2.17. The second kappa shape index (κ2) is 4.45. The van der Waals surface area contributed by atoms with Gasteiger partial charge in [-0.3, -0.25) is 4.68 Å². The lowest BCUT2D eigenvalue weighted by atomic mass is 10.0. The van der Waals surface area contributed by atoms with Crippen LogP contribution in [0.4, 0.5) is 0 Å². The molecule has 1 atom stereocenters. The minimum atomic E-state index is -0.401. The zero-order valence-corrected chi connectivity index (χ0v) is 10.2. The topological polar surface area (TPSA) is 43.8 Å². The number of aryl methyl sites for hydroxylation is 1. The Morgan fingerprint density at radius 3 is 2.38 bits per heavy atom. The first kappa shape index (κ1) is 11.5. The fraction of sp³-hybridized carbons (Fsp3) is 0.182. The van der Waals surface area contributed by atoms with E-state index in [0.717, 1.165) is 5.69 Å². The van der Waals surface area contributed by atoms with Gasteiger partial charge in [-0.05, 0) is 18.2 Å². The molecule has 0 saturated heterocycles. The van der Waals surface area contributed by atoms with Crippen LogP contribution in [-0.4, -0.2) is 9.78 Å². The Morgan fingerprint density at radius 1 is 1.25 bits per heavy atom. The fourth-order valence-electron chi connectivity index (χ4n) is 1.55. The zero-order valence-electron chi connectivity index (χ0n) is 8.69. The van der Waals surface area contributed by atoms with Crippen molar-refractivity contribution in [1.82, 2.24) is 9.78 Å². The predicted octanol–water partition coefficient (Wildman–Crippen LogP) is 2.78. The summed E-state index contributed by atoms with van der Waals surface area (Å²) in [4.78, 5) is 0. The maximum atomic E-state index is 6.09. The molecule has 0 aliphatic rings. The first-order valence-electron chi connectivity index (χ1n) is 4.78. The highest BCUT2D eigenvalue weighted by Crippen LogP contribution is 2.31. The van der Waals surface area contributed by atoms with Crippen molar-refractivity contribution in [3.63, 3.8) is 0 Å². The van der Waals surface area contributed by atoms with Gasteiger partial charge in [0.05, 0.1) is 11.7 Å². The van der Waals surface area contributed by atoms with Crippen LogP contribution in [0.5, 0.6) is 0 Å². The smallest absolute Gasteiger partial charge is 0.0838 e. The second-order valence-electron chi connectivity index (χ2n) is 3.53. The Kier molecular flexibility index (Phi) is 3.19. The minimum absolute atomic E-state index is 0.401. The summed E-state index contributed by atoms with van der Waals surface area (Å²) in [7, 11) is 1.84. The van der Waals surface area contributed by atoms with Crippen molar-refractivity contribution in [3.8, 4) is 0 Å². The molecule has 0 aliphatic heterocycles. The molecule has 1 unspecified atom stereocenters. The Labute approximate surface area is 104 Å². The maximum absolute atomic E-state index is 6.09. The van der Waals surface area contributed by atoms with E-state index in [0.29, 0.717) is 15.6 Å². The average Bonchev–Trinajstić information content (AvgIpc) is 2.64. The maximum Gasteiger partial charge on any atom is 0.0838 e. The molecule has 0 saturated carbocycles. The minimum Gasteiger partial charge on any atom is -0.319 e. The predicted molar refractivity (Wildman–Crippen MR) is 65.7 cm³/mol. The fourth-order valence-corrected chi connectivity index (χ4v) is 2.19. The van der Waals surface area contributed by atoms with E-state index in [9.17, 15) is 0 Å². The highest BCUT2D eigenvalue weighted by atomic mass is 35.5. The summed E-state index contributed by atoms with van der Waals surface area (Å²) >= 11 is 12.2. The highest BCUT2D eigenvalue weighted by molar-refractivity contribution is 6.36. The Morgan fingerprint density at radius 2 is 1.88 bits per heavy atom. The number of nitrogens with zero attached hydrogens (tertiary/aromatic N) is 2. The molecule has 3 nitrogen and oxygen atoms in total. The van der Waals surface area contributed by atoms with Crippen molar-refractivity contribution in [2.45, 2.75) is 6.04 Å². The van der Waals surface area contributed by atoms with Gasteiger partial charge < -0.3 is 5.73 Å². The van der Waals surface area contributed by atoms with E-state index in [4.69, 9.17) is 28.9 Å². The van der Waals surface area contributed by atoms with Gasteiger partial charge in [0, 0.05) is 28.9 Å². The van der Waals surface area contributed by atoms with Gasteiger partial charge in [-0.1, -0.05) is 29.3 Å². The Bertz CT molecular complexity index is 487. The van der Waals surface area contributed by atoms with Gasteiger partial charge in [-0.25, -0.2) is 0 Å². The van der Waals surface area contributed by atoms with Crippen LogP contribution in [0, 0.1) is 0 Å². The van der Waals surface area contributed by atoms with Gasteiger partial charge >= 0.3 is 0 Å². The SMILES string of the molecule is Cn1ccc(C(N)c2c(Cl)cccc2Cl)n1. The molecule has 0 aliphatic carbocycles. The van der Waals surface area contributed by atoms with Gasteiger partial charge in [-0.15, -0.1) is 0 Å². The zero-order chi connectivity index (χ0) is 11.7. The van der Waals surface area contributed by atoms with Gasteiger partial charge in [-0.2, -0.15) is 5.10 Å². The Hall–Kier alpha value is -1.03. The summed E-state index contributed by atoms with van der Waals surface area (Å²) < 4.78 is 1.69. The van der Waals surface area contributed by atoms with E-state index >= 15 is 0 Å². The average molecular weight is 256 g/mol. The molecule has 0 spiro atoms. The monoisotopic (exact) mass is 255 g/mol. The third-order valence-electron chi connectivity index (χ3n) is 2.36. The van der Waals surface area contributed by atoms with E-state index < -0.39 is 6.04 Å². The number of hydrogen-bond acceptors (Lipinski definition) is 2. The first-order chi connectivity index (χ1) is 7.59. The van der Waals surface area contributed by atoms with Gasteiger partial charge in [0.2, 0.25) is 0 Å². The largest absolute Gasteiger partial charge is 0.319 e. The van der Waals surface area contributed by atoms with Crippen LogP contribution >= 0.6 is 23.2 Å². The molecule has 2 rings (SSSR count). The third kappa shape index (κ3) is 2.07. The summed E-state index contributed by atoms with van der Waals surface area (Å²) in [5.41, 5.74) is 7.55. The van der Waals surface area contributed by atoms with Crippen LogP contribution < -0.4 is 5.73 Å². The van der Waals surface area contributed by atoms with E-state index in [2.05, 4.69) is 5.10 Å². The molecule has 1 aromatic carbocycles. The molecule has 16 heavy (non-hydrogen) atoms. The van der Waals surface area contributed by atoms with Crippen molar-refractivity contribution in [2.24, 2.45) is 12.8 Å². The van der Waals surface area contributed by atoms with Crippen molar-refractivity contribution >= 4 is 23.2 Å². The molecule has 1 aromatic heterocycles. The van der Waals surface area contributed by atoms with Crippen LogP contribution in [0.25, 0.3) is 0 Å². The van der Waals surface area contributed by atoms with Crippen LogP contribution in [0.3, 0.4) is 0 Å². The first-order valence-corrected chi connectivity index (χ1v) is 5.54. The summed E-state index contributed by atoms with van der Waals surface area (Å²) in [5.74, 6) is 0. The summed E-state index contributed by atoms with van der Waals surface area (Å²) in [5, 5.41) is 5.37. The van der Waals surface area contributed by atoms with E-state index in [-0.39, 0.29) is 0 Å². The molecule has 2 N–H and O–H groups in total. The number of rotatable bonds is 2. The lowest BCUT2D eigenvalue weighted by molar-refractivity contribution is 0.716. The molecule has 5 heteroatoms. The van der Waals surface area contributed by atoms with Crippen LogP contribution in [0.15, 0.2) is 30.5 Å². The summed E-state index contributed by atoms with van der Waals surface area (Å²) in [6.07, 6.45) is 1.83. The lowest BCUT2D eigenvalue weighted by Crippen LogP contribution is -2.14. The molecule has 84 valence electrons. The number of nitrogens with two attached hydrogens (primary N) is 1. The molecular formula is C11H11Cl2N3. The molecule has 0 bridgehead atoms. The number of halogens is 2. The summed E-state index contributed by atoms with van der Waals surface area (Å²) in [6, 6.07) is 6.78. The van der Waals surface area contributed by atoms with Crippen LogP contribution in [-0.2, 0) is 7.05 Å². The molecule has 1 heterocycles. The Balaban J connectivity index is 2.45. The van der Waals surface area contributed by atoms with E-state index in [1.807, 2.05) is 19.3 Å². The number of aromatic nitrogens is 2. The number of benzene rings is 1. The molecule has 0 amide bonds. The third-order valence-corrected chi connectivity index (χ3v) is 3.02. The van der Waals surface area contributed by atoms with Gasteiger partial charge in [0.15, 0.2) is 0 Å². The van der Waals surface area contributed by atoms with Crippen molar-refractivity contribution in [2.75, 3.05) is 0 Å². The van der Waals surface area contributed by atoms with Crippen molar-refractivity contribution < 1.29 is 0 Å². The van der Waals surface area contributed by atoms with Crippen molar-refractivity contribution in [3.05, 3.63) is 51.8 Å². The molecule has 0 radical (unpaired) electrons. The van der Waals surface area contributed by atoms with E-state index in [1.165, 1.54) is 0 Å². The molecule has 0 fully saturated rings. The van der Waals surface area contributed by atoms with Crippen molar-refractivity contribution in [1.29, 1.82) is 0 Å². The van der Waals surface area contributed by atoms with E-state index in [1.54, 1.807) is 22.9 Å². The molecule has 2 aromatic rings. The molecular weight excluding hydrogens is 245 g/mol. The lowest BCUT2D eigenvalue weighted by Gasteiger charge is -2.13.